The Balaban J connectivity index is 2.44. The second-order valence-corrected chi connectivity index (χ2v) is 8.48. The summed E-state index contributed by atoms with van der Waals surface area (Å²) in [4.78, 5) is 15.3. The number of rotatable bonds is 3. The number of anilines is 1. The van der Waals surface area contributed by atoms with Crippen molar-refractivity contribution in [2.75, 3.05) is 11.1 Å². The molecule has 1 aromatic carbocycles. The van der Waals surface area contributed by atoms with Crippen LogP contribution in [0.15, 0.2) is 17.1 Å². The first kappa shape index (κ1) is 18.9. The zero-order valence-electron chi connectivity index (χ0n) is 13.0. The summed E-state index contributed by atoms with van der Waals surface area (Å²) in [5, 5.41) is 2.07. The van der Waals surface area contributed by atoms with Gasteiger partial charge in [-0.3, -0.25) is 14.0 Å². The third kappa shape index (κ3) is 3.62. The summed E-state index contributed by atoms with van der Waals surface area (Å²) in [5.41, 5.74) is 5.88. The summed E-state index contributed by atoms with van der Waals surface area (Å²) in [6.07, 6.45) is -3.19. The van der Waals surface area contributed by atoms with Crippen molar-refractivity contribution < 1.29 is 22.2 Å². The van der Waals surface area contributed by atoms with Gasteiger partial charge < -0.3 is 11.1 Å². The summed E-state index contributed by atoms with van der Waals surface area (Å²) < 4.78 is 50.6. The van der Waals surface area contributed by atoms with Gasteiger partial charge in [-0.2, -0.15) is 8.78 Å². The molecule has 0 fully saturated rings. The van der Waals surface area contributed by atoms with E-state index in [1.807, 2.05) is 5.32 Å². The van der Waals surface area contributed by atoms with Gasteiger partial charge in [-0.05, 0) is 26.0 Å². The maximum Gasteiger partial charge on any atom is 0.315 e. The fourth-order valence-corrected chi connectivity index (χ4v) is 3.76. The second-order valence-electron chi connectivity index (χ2n) is 5.81. The smallest absolute Gasteiger partial charge is 0.315 e. The number of nitrogens with zero attached hydrogens (tertiary/aromatic N) is 1. The molecule has 10 heteroatoms. The van der Waals surface area contributed by atoms with Crippen molar-refractivity contribution in [3.63, 3.8) is 0 Å². The maximum absolute atomic E-state index is 14.4. The molecule has 5 nitrogen and oxygen atoms in total. The summed E-state index contributed by atoms with van der Waals surface area (Å²) >= 11 is 0. The molecule has 132 valence electrons. The van der Waals surface area contributed by atoms with Gasteiger partial charge in [-0.15, -0.1) is 9.24 Å². The topological polar surface area (TPSA) is 84.5 Å². The molecule has 3 N–H and O–H groups in total. The highest BCUT2D eigenvalue weighted by Gasteiger charge is 2.38. The Morgan fingerprint density at radius 2 is 2.12 bits per heavy atom. The van der Waals surface area contributed by atoms with Gasteiger partial charge in [0.1, 0.15) is 11.7 Å². The van der Waals surface area contributed by atoms with E-state index in [1.165, 1.54) is 12.1 Å². The predicted octanol–water partition coefficient (Wildman–Crippen LogP) is 1.47. The molecule has 3 unspecified atom stereocenters. The number of carbonyl (C=O) groups excluding carboxylic acids is 1. The molecular weight excluding hydrogens is 362 g/mol. The third-order valence-corrected chi connectivity index (χ3v) is 6.13. The van der Waals surface area contributed by atoms with Crippen molar-refractivity contribution in [3.05, 3.63) is 23.5 Å². The van der Waals surface area contributed by atoms with Crippen LogP contribution in [0.3, 0.4) is 0 Å². The number of nitrogens with two attached hydrogens (primary N) is 1. The third-order valence-electron chi connectivity index (χ3n) is 3.74. The number of hydrogen-bond acceptors (Lipinski definition) is 4. The molecule has 0 saturated heterocycles. The van der Waals surface area contributed by atoms with Crippen molar-refractivity contribution in [1.29, 1.82) is 0 Å². The van der Waals surface area contributed by atoms with Crippen LogP contribution in [0.5, 0.6) is 0 Å². The number of carbonyl (C=O) groups is 1. The van der Waals surface area contributed by atoms with Gasteiger partial charge in [0.05, 0.1) is 16.5 Å². The molecule has 0 aromatic heterocycles. The van der Waals surface area contributed by atoms with Gasteiger partial charge in [-0.1, -0.05) is 0 Å². The van der Waals surface area contributed by atoms with Crippen LogP contribution in [0.2, 0.25) is 0 Å². The number of benzene rings is 1. The maximum atomic E-state index is 14.4. The van der Waals surface area contributed by atoms with E-state index >= 15 is 0 Å². The van der Waals surface area contributed by atoms with Gasteiger partial charge in [0.2, 0.25) is 0 Å². The second kappa shape index (κ2) is 6.80. The van der Waals surface area contributed by atoms with Crippen molar-refractivity contribution in [2.45, 2.75) is 31.1 Å². The highest BCUT2D eigenvalue weighted by Crippen LogP contribution is 2.32. The fourth-order valence-electron chi connectivity index (χ4n) is 2.17. The van der Waals surface area contributed by atoms with Crippen LogP contribution in [0, 0.1) is 5.82 Å². The van der Waals surface area contributed by atoms with Gasteiger partial charge in [0, 0.05) is 27.4 Å². The Bertz CT molecular complexity index is 740. The monoisotopic (exact) mass is 379 g/mol. The Morgan fingerprint density at radius 3 is 2.67 bits per heavy atom. The molecular formula is C14H17F3N3O2PS. The van der Waals surface area contributed by atoms with Crippen LogP contribution >= 0.6 is 9.24 Å². The number of hydrogen-bond donors (Lipinski definition) is 2. The average Bonchev–Trinajstić information content (AvgIpc) is 2.48. The molecule has 1 aliphatic heterocycles. The lowest BCUT2D eigenvalue weighted by atomic mass is 10.1. The Morgan fingerprint density at radius 1 is 1.50 bits per heavy atom. The van der Waals surface area contributed by atoms with Crippen molar-refractivity contribution in [1.82, 2.24) is 0 Å². The summed E-state index contributed by atoms with van der Waals surface area (Å²) in [6, 6.07) is 1.60. The number of halogens is 3. The lowest BCUT2D eigenvalue weighted by molar-refractivity contribution is -0.126. The fraction of sp³-hybridized carbons (Fsp3) is 0.429. The van der Waals surface area contributed by atoms with E-state index in [2.05, 4.69) is 14.2 Å². The van der Waals surface area contributed by atoms with Gasteiger partial charge in [0.25, 0.3) is 5.91 Å². The van der Waals surface area contributed by atoms with Crippen molar-refractivity contribution in [3.8, 4) is 0 Å². The number of aliphatic imine (C=N–C) groups is 1. The van der Waals surface area contributed by atoms with E-state index in [4.69, 9.17) is 5.73 Å². The molecule has 1 heterocycles. The van der Waals surface area contributed by atoms with Crippen molar-refractivity contribution >= 4 is 42.8 Å². The number of amides is 1. The van der Waals surface area contributed by atoms with Crippen LogP contribution in [0.4, 0.5) is 18.9 Å². The molecule has 1 aliphatic rings. The van der Waals surface area contributed by atoms with Crippen LogP contribution in [-0.4, -0.2) is 32.9 Å². The molecule has 2 rings (SSSR count). The summed E-state index contributed by atoms with van der Waals surface area (Å²) in [7, 11) is 0.733. The lowest BCUT2D eigenvalue weighted by Crippen LogP contribution is -2.47. The first-order valence-corrected chi connectivity index (χ1v) is 8.83. The minimum absolute atomic E-state index is 0.00564. The highest BCUT2D eigenvalue weighted by molar-refractivity contribution is 7.87. The highest BCUT2D eigenvalue weighted by atomic mass is 32.2. The van der Waals surface area contributed by atoms with Crippen molar-refractivity contribution in [2.24, 2.45) is 10.7 Å². The number of alkyl halides is 2. The zero-order valence-corrected chi connectivity index (χ0v) is 14.9. The van der Waals surface area contributed by atoms with Crippen LogP contribution < -0.4 is 16.4 Å². The molecule has 0 spiro atoms. The molecule has 0 radical (unpaired) electrons. The van der Waals surface area contributed by atoms with Gasteiger partial charge in [0.15, 0.2) is 0 Å². The Hall–Kier alpha value is -1.47. The SMILES string of the molecule is CC1(C)C(N)=NC(c2cc(NC(=O)C(F)F)cc(P)c2F)CS1=O. The standard InChI is InChI=1S/C14H17F3N3O2PS/c1-14(2)13(18)20-8(5-24(14)22)7-3-6(4-9(23)10(7)15)19-12(21)11(16)17/h3-4,8,11H,5,23H2,1-2H3,(H2,18,20)(H,19,21). The molecule has 0 bridgehead atoms. The quantitative estimate of drug-likeness (QED) is 0.780. The van der Waals surface area contributed by atoms with Gasteiger partial charge >= 0.3 is 6.43 Å². The molecule has 1 amide bonds. The summed E-state index contributed by atoms with van der Waals surface area (Å²) in [6.45, 7) is 3.35. The van der Waals surface area contributed by atoms with E-state index in [1.54, 1.807) is 13.8 Å². The zero-order chi connectivity index (χ0) is 18.2. The molecule has 1 aromatic rings. The lowest BCUT2D eigenvalue weighted by Gasteiger charge is -2.31. The van der Waals surface area contributed by atoms with E-state index in [0.717, 1.165) is 0 Å². The number of nitrogens with one attached hydrogen (secondary N) is 1. The predicted molar refractivity (Wildman–Crippen MR) is 91.8 cm³/mol. The van der Waals surface area contributed by atoms with Crippen LogP contribution in [-0.2, 0) is 15.6 Å². The minimum atomic E-state index is -3.19. The largest absolute Gasteiger partial charge is 0.386 e. The van der Waals surface area contributed by atoms with E-state index in [-0.39, 0.29) is 28.1 Å². The first-order chi connectivity index (χ1) is 11.0. The minimum Gasteiger partial charge on any atom is -0.386 e. The summed E-state index contributed by atoms with van der Waals surface area (Å²) in [5.74, 6) is -1.95. The van der Waals surface area contributed by atoms with Crippen LogP contribution in [0.25, 0.3) is 0 Å². The van der Waals surface area contributed by atoms with E-state index < -0.39 is 39.7 Å². The first-order valence-electron chi connectivity index (χ1n) is 6.94. The van der Waals surface area contributed by atoms with Crippen LogP contribution in [0.1, 0.15) is 25.5 Å². The average molecular weight is 379 g/mol. The molecule has 24 heavy (non-hydrogen) atoms. The van der Waals surface area contributed by atoms with E-state index in [0.29, 0.717) is 0 Å². The normalized spacial score (nSPS) is 23.0. The molecule has 0 aliphatic carbocycles. The number of amidine groups is 1. The molecule has 0 saturated carbocycles. The Kier molecular flexibility index (Phi) is 5.34. The Labute approximate surface area is 141 Å². The van der Waals surface area contributed by atoms with E-state index in [9.17, 15) is 22.2 Å². The van der Waals surface area contributed by atoms with Gasteiger partial charge in [-0.25, -0.2) is 4.39 Å². The molecule has 3 atom stereocenters.